The molecule has 0 bridgehead atoms. The van der Waals surface area contributed by atoms with Crippen LogP contribution < -0.4 is 4.74 Å². The maximum atomic E-state index is 11.7. The van der Waals surface area contributed by atoms with Crippen molar-refractivity contribution in [3.8, 4) is 5.75 Å². The summed E-state index contributed by atoms with van der Waals surface area (Å²) in [5, 5.41) is 0. The van der Waals surface area contributed by atoms with Gasteiger partial charge in [-0.15, -0.1) is 0 Å². The Morgan fingerprint density at radius 2 is 2.06 bits per heavy atom. The number of para-hydroxylation sites is 1. The lowest BCUT2D eigenvalue weighted by Crippen LogP contribution is -2.07. The normalized spacial score (nSPS) is 9.56. The second-order valence-corrected chi connectivity index (χ2v) is 3.40. The highest BCUT2D eigenvalue weighted by Crippen LogP contribution is 2.19. The third-order valence-corrected chi connectivity index (χ3v) is 1.95. The smallest absolute Gasteiger partial charge is 0.173 e. The molecule has 0 spiro atoms. The van der Waals surface area contributed by atoms with E-state index in [0.29, 0.717) is 17.9 Å². The molecule has 1 rings (SSSR count). The predicted molar refractivity (Wildman–Crippen MR) is 61.8 cm³/mol. The Balaban J connectivity index is 2.89. The van der Waals surface area contributed by atoms with Gasteiger partial charge in [-0.25, -0.2) is 0 Å². The SMILES string of the molecule is C=CCOc1ccccc1C(=O)CC(C)=O. The Morgan fingerprint density at radius 3 is 2.69 bits per heavy atom. The predicted octanol–water partition coefficient (Wildman–Crippen LogP) is 2.41. The summed E-state index contributed by atoms with van der Waals surface area (Å²) >= 11 is 0. The third kappa shape index (κ3) is 3.35. The van der Waals surface area contributed by atoms with Gasteiger partial charge in [-0.05, 0) is 19.1 Å². The van der Waals surface area contributed by atoms with Crippen LogP contribution in [-0.4, -0.2) is 18.2 Å². The molecule has 0 atom stereocenters. The molecule has 0 saturated heterocycles. The van der Waals surface area contributed by atoms with Crippen molar-refractivity contribution in [3.05, 3.63) is 42.5 Å². The van der Waals surface area contributed by atoms with E-state index in [1.807, 2.05) is 0 Å². The largest absolute Gasteiger partial charge is 0.489 e. The molecule has 0 N–H and O–H groups in total. The first-order valence-electron chi connectivity index (χ1n) is 5.00. The summed E-state index contributed by atoms with van der Waals surface area (Å²) in [7, 11) is 0. The average Bonchev–Trinajstić information content (AvgIpc) is 2.25. The maximum absolute atomic E-state index is 11.7. The molecule has 0 unspecified atom stereocenters. The average molecular weight is 218 g/mol. The fourth-order valence-electron chi connectivity index (χ4n) is 1.29. The zero-order chi connectivity index (χ0) is 12.0. The van der Waals surface area contributed by atoms with Gasteiger partial charge in [0, 0.05) is 0 Å². The molecule has 84 valence electrons. The van der Waals surface area contributed by atoms with Crippen LogP contribution in [0.4, 0.5) is 0 Å². The summed E-state index contributed by atoms with van der Waals surface area (Å²) in [6, 6.07) is 6.89. The summed E-state index contributed by atoms with van der Waals surface area (Å²) in [5.41, 5.74) is 0.444. The van der Waals surface area contributed by atoms with Gasteiger partial charge in [0.05, 0.1) is 12.0 Å². The monoisotopic (exact) mass is 218 g/mol. The molecule has 16 heavy (non-hydrogen) atoms. The molecule has 0 aromatic heterocycles. The Labute approximate surface area is 94.7 Å². The molecule has 0 radical (unpaired) electrons. The van der Waals surface area contributed by atoms with E-state index in [-0.39, 0.29) is 18.0 Å². The molecule has 0 heterocycles. The highest BCUT2D eigenvalue weighted by molar-refractivity contribution is 6.08. The van der Waals surface area contributed by atoms with Gasteiger partial charge in [0.2, 0.25) is 0 Å². The van der Waals surface area contributed by atoms with Crippen LogP contribution in [0.5, 0.6) is 5.75 Å². The van der Waals surface area contributed by atoms with Crippen molar-refractivity contribution in [1.82, 2.24) is 0 Å². The van der Waals surface area contributed by atoms with Gasteiger partial charge < -0.3 is 4.74 Å². The first kappa shape index (κ1) is 12.2. The van der Waals surface area contributed by atoms with Gasteiger partial charge in [0.1, 0.15) is 18.1 Å². The standard InChI is InChI=1S/C13H14O3/c1-3-8-16-13-7-5-4-6-11(13)12(15)9-10(2)14/h3-7H,1,8-9H2,2H3. The summed E-state index contributed by atoms with van der Waals surface area (Å²) in [4.78, 5) is 22.6. The fourth-order valence-corrected chi connectivity index (χ4v) is 1.29. The number of hydrogen-bond donors (Lipinski definition) is 0. The molecule has 1 aromatic carbocycles. The number of carbonyl (C=O) groups is 2. The number of Topliss-reactive ketones (excluding diaryl/α,β-unsaturated/α-hetero) is 2. The van der Waals surface area contributed by atoms with Crippen molar-refractivity contribution in [1.29, 1.82) is 0 Å². The van der Waals surface area contributed by atoms with Crippen molar-refractivity contribution < 1.29 is 14.3 Å². The lowest BCUT2D eigenvalue weighted by atomic mass is 10.1. The van der Waals surface area contributed by atoms with E-state index in [4.69, 9.17) is 4.74 Å². The zero-order valence-electron chi connectivity index (χ0n) is 9.23. The van der Waals surface area contributed by atoms with E-state index in [1.54, 1.807) is 30.3 Å². The van der Waals surface area contributed by atoms with Crippen molar-refractivity contribution >= 4 is 11.6 Å². The van der Waals surface area contributed by atoms with Gasteiger partial charge in [0.25, 0.3) is 0 Å². The number of benzene rings is 1. The van der Waals surface area contributed by atoms with Crippen molar-refractivity contribution in [2.45, 2.75) is 13.3 Å². The van der Waals surface area contributed by atoms with E-state index in [9.17, 15) is 9.59 Å². The molecule has 0 saturated carbocycles. The first-order chi connectivity index (χ1) is 7.65. The minimum absolute atomic E-state index is 0.0888. The lowest BCUT2D eigenvalue weighted by molar-refractivity contribution is -0.116. The van der Waals surface area contributed by atoms with E-state index >= 15 is 0 Å². The molecule has 0 aliphatic carbocycles. The second-order valence-electron chi connectivity index (χ2n) is 3.40. The molecule has 0 fully saturated rings. The van der Waals surface area contributed by atoms with Crippen molar-refractivity contribution in [2.75, 3.05) is 6.61 Å². The van der Waals surface area contributed by atoms with Gasteiger partial charge in [-0.2, -0.15) is 0 Å². The molecule has 0 amide bonds. The van der Waals surface area contributed by atoms with Crippen molar-refractivity contribution in [3.63, 3.8) is 0 Å². The van der Waals surface area contributed by atoms with E-state index < -0.39 is 0 Å². The number of carbonyl (C=O) groups excluding carboxylic acids is 2. The maximum Gasteiger partial charge on any atom is 0.173 e. The van der Waals surface area contributed by atoms with Gasteiger partial charge in [-0.1, -0.05) is 24.8 Å². The van der Waals surface area contributed by atoms with Crippen molar-refractivity contribution in [2.24, 2.45) is 0 Å². The summed E-state index contributed by atoms with van der Waals surface area (Å²) in [5.74, 6) is 0.129. The van der Waals surface area contributed by atoms with Crippen LogP contribution in [0.15, 0.2) is 36.9 Å². The minimum atomic E-state index is -0.216. The molecule has 3 nitrogen and oxygen atoms in total. The minimum Gasteiger partial charge on any atom is -0.489 e. The van der Waals surface area contributed by atoms with Crippen LogP contribution >= 0.6 is 0 Å². The van der Waals surface area contributed by atoms with E-state index in [0.717, 1.165) is 0 Å². The lowest BCUT2D eigenvalue weighted by Gasteiger charge is -2.08. The molecule has 1 aromatic rings. The first-order valence-corrected chi connectivity index (χ1v) is 5.00. The van der Waals surface area contributed by atoms with Gasteiger partial charge in [-0.3, -0.25) is 9.59 Å². The Bertz CT molecular complexity index is 407. The molecular formula is C13H14O3. The third-order valence-electron chi connectivity index (χ3n) is 1.95. The Morgan fingerprint density at radius 1 is 1.38 bits per heavy atom. The highest BCUT2D eigenvalue weighted by Gasteiger charge is 2.13. The van der Waals surface area contributed by atoms with E-state index in [2.05, 4.69) is 6.58 Å². The van der Waals surface area contributed by atoms with Gasteiger partial charge in [0.15, 0.2) is 5.78 Å². The van der Waals surface area contributed by atoms with Crippen LogP contribution in [0.25, 0.3) is 0 Å². The summed E-state index contributed by atoms with van der Waals surface area (Å²) in [6.07, 6.45) is 1.51. The molecule has 0 aliphatic heterocycles. The zero-order valence-corrected chi connectivity index (χ0v) is 9.23. The fraction of sp³-hybridized carbons (Fsp3) is 0.231. The van der Waals surface area contributed by atoms with Gasteiger partial charge >= 0.3 is 0 Å². The van der Waals surface area contributed by atoms with Crippen LogP contribution in [0, 0.1) is 0 Å². The topological polar surface area (TPSA) is 43.4 Å². The number of rotatable bonds is 6. The number of ether oxygens (including phenoxy) is 1. The second kappa shape index (κ2) is 5.85. The molecular weight excluding hydrogens is 204 g/mol. The van der Waals surface area contributed by atoms with Crippen LogP contribution in [0.3, 0.4) is 0 Å². The van der Waals surface area contributed by atoms with Crippen LogP contribution in [0.2, 0.25) is 0 Å². The molecule has 0 aliphatic rings. The quantitative estimate of drug-likeness (QED) is 0.418. The Hall–Kier alpha value is -1.90. The Kier molecular flexibility index (Phi) is 4.45. The van der Waals surface area contributed by atoms with Crippen LogP contribution in [-0.2, 0) is 4.79 Å². The summed E-state index contributed by atoms with van der Waals surface area (Å²) in [6.45, 7) is 5.27. The van der Waals surface area contributed by atoms with Crippen LogP contribution in [0.1, 0.15) is 23.7 Å². The number of ketones is 2. The number of hydrogen-bond acceptors (Lipinski definition) is 3. The van der Waals surface area contributed by atoms with E-state index in [1.165, 1.54) is 6.92 Å². The highest BCUT2D eigenvalue weighted by atomic mass is 16.5. The summed E-state index contributed by atoms with van der Waals surface area (Å²) < 4.78 is 5.34. The molecule has 3 heteroatoms.